The van der Waals surface area contributed by atoms with Crippen molar-refractivity contribution in [1.29, 1.82) is 0 Å². The maximum atomic E-state index is 12.6. The molecule has 0 unspecified atom stereocenters. The average Bonchev–Trinajstić information content (AvgIpc) is 3.36. The number of hydrogen-bond donors (Lipinski definition) is 2. The highest BCUT2D eigenvalue weighted by atomic mass is 32.1. The third kappa shape index (κ3) is 3.86. The van der Waals surface area contributed by atoms with Gasteiger partial charge in [0.05, 0.1) is 22.7 Å². The van der Waals surface area contributed by atoms with Crippen LogP contribution in [0.4, 0.5) is 5.00 Å². The lowest BCUT2D eigenvalue weighted by Gasteiger charge is -2.26. The Morgan fingerprint density at radius 3 is 2.75 bits per heavy atom. The largest absolute Gasteiger partial charge is 0.486 e. The maximum absolute atomic E-state index is 12.6. The molecule has 1 aliphatic heterocycles. The van der Waals surface area contributed by atoms with Crippen molar-refractivity contribution < 1.29 is 23.5 Å². The van der Waals surface area contributed by atoms with Gasteiger partial charge in [0, 0.05) is 0 Å². The number of ether oxygens (including phenoxy) is 2. The van der Waals surface area contributed by atoms with Crippen LogP contribution in [0.25, 0.3) is 0 Å². The van der Waals surface area contributed by atoms with Crippen molar-refractivity contribution in [3.63, 3.8) is 0 Å². The Labute approximate surface area is 165 Å². The molecule has 3 heterocycles. The Bertz CT molecular complexity index is 996. The van der Waals surface area contributed by atoms with Crippen LogP contribution in [0.15, 0.2) is 53.1 Å². The fourth-order valence-corrected chi connectivity index (χ4v) is 3.78. The van der Waals surface area contributed by atoms with Crippen molar-refractivity contribution in [3.8, 4) is 11.5 Å². The van der Waals surface area contributed by atoms with Crippen molar-refractivity contribution in [2.45, 2.75) is 13.0 Å². The first-order chi connectivity index (χ1) is 13.6. The van der Waals surface area contributed by atoms with Crippen LogP contribution in [-0.2, 0) is 0 Å². The molecular formula is C20H18N2O5S. The van der Waals surface area contributed by atoms with Gasteiger partial charge in [-0.05, 0) is 42.8 Å². The van der Waals surface area contributed by atoms with E-state index >= 15 is 0 Å². The van der Waals surface area contributed by atoms with Crippen LogP contribution in [0.5, 0.6) is 11.5 Å². The van der Waals surface area contributed by atoms with E-state index in [1.807, 2.05) is 31.2 Å². The van der Waals surface area contributed by atoms with Crippen LogP contribution in [0.2, 0.25) is 0 Å². The number of nitrogens with one attached hydrogen (secondary N) is 2. The van der Waals surface area contributed by atoms with Gasteiger partial charge in [-0.2, -0.15) is 0 Å². The van der Waals surface area contributed by atoms with E-state index < -0.39 is 0 Å². The summed E-state index contributed by atoms with van der Waals surface area (Å²) in [5, 5.41) is 6.19. The van der Waals surface area contributed by atoms with Crippen LogP contribution < -0.4 is 20.1 Å². The lowest BCUT2D eigenvalue weighted by molar-refractivity contribution is 0.0791. The highest BCUT2D eigenvalue weighted by Crippen LogP contribution is 2.31. The number of hydrogen-bond acceptors (Lipinski definition) is 6. The first kappa shape index (κ1) is 18.1. The monoisotopic (exact) mass is 398 g/mol. The summed E-state index contributed by atoms with van der Waals surface area (Å²) in [5.41, 5.74) is 0.781. The Kier molecular flexibility index (Phi) is 5.03. The highest BCUT2D eigenvalue weighted by molar-refractivity contribution is 7.18. The second kappa shape index (κ2) is 7.77. The Balaban J connectivity index is 1.35. The number of carbonyl (C=O) groups is 2. The molecule has 2 aromatic heterocycles. The molecule has 1 aromatic carbocycles. The standard InChI is InChI=1S/C20H18N2O5S/c1-12-9-17(22-19(23)16-7-4-8-25-16)28-18(12)20(24)21-10-13-11-26-14-5-2-3-6-15(14)27-13/h2-9,13H,10-11H2,1H3,(H,21,24)(H,22,23)/t13-/m0/s1. The molecule has 144 valence electrons. The normalized spacial score (nSPS) is 15.1. The summed E-state index contributed by atoms with van der Waals surface area (Å²) in [5.74, 6) is 1.01. The van der Waals surface area contributed by atoms with Crippen LogP contribution in [0, 0.1) is 6.92 Å². The second-order valence-corrected chi connectivity index (χ2v) is 7.31. The second-order valence-electron chi connectivity index (χ2n) is 6.26. The number of amides is 2. The van der Waals surface area contributed by atoms with E-state index in [9.17, 15) is 9.59 Å². The molecule has 28 heavy (non-hydrogen) atoms. The van der Waals surface area contributed by atoms with E-state index in [1.54, 1.807) is 18.2 Å². The van der Waals surface area contributed by atoms with E-state index in [0.29, 0.717) is 34.5 Å². The Morgan fingerprint density at radius 2 is 1.96 bits per heavy atom. The van der Waals surface area contributed by atoms with Gasteiger partial charge in [-0.25, -0.2) is 0 Å². The molecule has 4 rings (SSSR count). The van der Waals surface area contributed by atoms with Gasteiger partial charge in [0.2, 0.25) is 0 Å². The van der Waals surface area contributed by atoms with Gasteiger partial charge < -0.3 is 24.5 Å². The Morgan fingerprint density at radius 1 is 1.14 bits per heavy atom. The summed E-state index contributed by atoms with van der Waals surface area (Å²) in [6, 6.07) is 12.4. The van der Waals surface area contributed by atoms with Crippen LogP contribution in [0.3, 0.4) is 0 Å². The molecule has 0 saturated carbocycles. The van der Waals surface area contributed by atoms with Gasteiger partial charge >= 0.3 is 0 Å². The zero-order valence-electron chi connectivity index (χ0n) is 15.1. The van der Waals surface area contributed by atoms with Gasteiger partial charge in [0.25, 0.3) is 11.8 Å². The van der Waals surface area contributed by atoms with Crippen molar-refractivity contribution in [2.75, 3.05) is 18.5 Å². The molecule has 3 aromatic rings. The van der Waals surface area contributed by atoms with Gasteiger partial charge in [0.15, 0.2) is 17.3 Å². The number of para-hydroxylation sites is 2. The highest BCUT2D eigenvalue weighted by Gasteiger charge is 2.22. The third-order valence-electron chi connectivity index (χ3n) is 4.16. The van der Waals surface area contributed by atoms with E-state index in [2.05, 4.69) is 10.6 Å². The minimum Gasteiger partial charge on any atom is -0.486 e. The van der Waals surface area contributed by atoms with Crippen LogP contribution in [-0.4, -0.2) is 31.1 Å². The summed E-state index contributed by atoms with van der Waals surface area (Å²) in [6.45, 7) is 2.51. The van der Waals surface area contributed by atoms with Crippen LogP contribution >= 0.6 is 11.3 Å². The predicted octanol–water partition coefficient (Wildman–Crippen LogP) is 3.47. The number of fused-ring (bicyclic) bond motifs is 1. The molecule has 0 bridgehead atoms. The van der Waals surface area contributed by atoms with Gasteiger partial charge in [-0.15, -0.1) is 11.3 Å². The van der Waals surface area contributed by atoms with Gasteiger partial charge in [-0.1, -0.05) is 12.1 Å². The first-order valence-corrected chi connectivity index (χ1v) is 9.54. The molecule has 2 amide bonds. The topological polar surface area (TPSA) is 89.8 Å². The van der Waals surface area contributed by atoms with Gasteiger partial charge in [-0.3, -0.25) is 9.59 Å². The lowest BCUT2D eigenvalue weighted by Crippen LogP contribution is -2.40. The van der Waals surface area contributed by atoms with Crippen molar-refractivity contribution in [2.24, 2.45) is 0 Å². The lowest BCUT2D eigenvalue weighted by atomic mass is 10.2. The Hall–Kier alpha value is -3.26. The molecule has 0 saturated heterocycles. The SMILES string of the molecule is Cc1cc(NC(=O)c2ccco2)sc1C(=O)NC[C@H]1COc2ccccc2O1. The first-order valence-electron chi connectivity index (χ1n) is 8.72. The van der Waals surface area contributed by atoms with E-state index in [0.717, 1.165) is 5.56 Å². The molecule has 7 nitrogen and oxygen atoms in total. The number of rotatable bonds is 5. The number of thiophene rings is 1. The van der Waals surface area contributed by atoms with Crippen molar-refractivity contribution in [1.82, 2.24) is 5.32 Å². The third-order valence-corrected chi connectivity index (χ3v) is 5.31. The van der Waals surface area contributed by atoms with Crippen molar-refractivity contribution in [3.05, 3.63) is 64.9 Å². The smallest absolute Gasteiger partial charge is 0.291 e. The fraction of sp³-hybridized carbons (Fsp3) is 0.200. The average molecular weight is 398 g/mol. The molecule has 0 fully saturated rings. The fourth-order valence-electron chi connectivity index (χ4n) is 2.80. The number of anilines is 1. The molecule has 2 N–H and O–H groups in total. The molecule has 8 heteroatoms. The summed E-state index contributed by atoms with van der Waals surface area (Å²) >= 11 is 1.21. The van der Waals surface area contributed by atoms with Gasteiger partial charge in [0.1, 0.15) is 12.7 Å². The van der Waals surface area contributed by atoms with E-state index in [-0.39, 0.29) is 23.7 Å². The minimum atomic E-state index is -0.357. The predicted molar refractivity (Wildman–Crippen MR) is 104 cm³/mol. The number of carbonyl (C=O) groups excluding carboxylic acids is 2. The quantitative estimate of drug-likeness (QED) is 0.687. The summed E-state index contributed by atoms with van der Waals surface area (Å²) in [7, 11) is 0. The zero-order chi connectivity index (χ0) is 19.5. The number of furan rings is 1. The number of aryl methyl sites for hydroxylation is 1. The minimum absolute atomic E-state index is 0.215. The zero-order valence-corrected chi connectivity index (χ0v) is 15.9. The molecule has 1 atom stereocenters. The summed E-state index contributed by atoms with van der Waals surface area (Å²) < 4.78 is 16.6. The van der Waals surface area contributed by atoms with E-state index in [1.165, 1.54) is 17.6 Å². The molecule has 0 aliphatic carbocycles. The maximum Gasteiger partial charge on any atom is 0.291 e. The number of benzene rings is 1. The molecule has 1 aliphatic rings. The summed E-state index contributed by atoms with van der Waals surface area (Å²) in [6.07, 6.45) is 1.17. The van der Waals surface area contributed by atoms with E-state index in [4.69, 9.17) is 13.9 Å². The molecule has 0 radical (unpaired) electrons. The summed E-state index contributed by atoms with van der Waals surface area (Å²) in [4.78, 5) is 25.2. The molecule has 0 spiro atoms. The van der Waals surface area contributed by atoms with Crippen molar-refractivity contribution >= 4 is 28.2 Å². The van der Waals surface area contributed by atoms with Crippen LogP contribution in [0.1, 0.15) is 25.8 Å². The molecular weight excluding hydrogens is 380 g/mol.